The predicted octanol–water partition coefficient (Wildman–Crippen LogP) is 2.56. The molecule has 0 radical (unpaired) electrons. The lowest BCUT2D eigenvalue weighted by atomic mass is 10.1. The van der Waals surface area contributed by atoms with Crippen molar-refractivity contribution in [3.8, 4) is 11.5 Å². The number of hydrogen-bond donors (Lipinski definition) is 0. The Labute approximate surface area is 158 Å². The SMILES string of the molecule is COCCOC(=O)OC(C)OC(=O)N(C)C(C)Cc1ccc2c(c1)OCO2. The number of amides is 1. The van der Waals surface area contributed by atoms with Crippen LogP contribution in [0.15, 0.2) is 18.2 Å². The van der Waals surface area contributed by atoms with E-state index in [9.17, 15) is 9.59 Å². The Hall–Kier alpha value is -2.68. The van der Waals surface area contributed by atoms with Crippen LogP contribution in [-0.4, -0.2) is 63.6 Å². The Morgan fingerprint density at radius 2 is 1.89 bits per heavy atom. The van der Waals surface area contributed by atoms with Crippen molar-refractivity contribution in [2.24, 2.45) is 0 Å². The highest BCUT2D eigenvalue weighted by Crippen LogP contribution is 2.32. The van der Waals surface area contributed by atoms with Gasteiger partial charge >= 0.3 is 12.2 Å². The van der Waals surface area contributed by atoms with Gasteiger partial charge < -0.3 is 33.3 Å². The highest BCUT2D eigenvalue weighted by atomic mass is 16.8. The molecule has 2 atom stereocenters. The topological polar surface area (TPSA) is 92.8 Å². The minimum Gasteiger partial charge on any atom is -0.454 e. The van der Waals surface area contributed by atoms with E-state index >= 15 is 0 Å². The number of fused-ring (bicyclic) bond motifs is 1. The first-order valence-corrected chi connectivity index (χ1v) is 8.55. The van der Waals surface area contributed by atoms with E-state index in [-0.39, 0.29) is 26.0 Å². The number of hydrogen-bond acceptors (Lipinski definition) is 8. The highest BCUT2D eigenvalue weighted by molar-refractivity contribution is 5.68. The van der Waals surface area contributed by atoms with Crippen LogP contribution in [0.25, 0.3) is 0 Å². The van der Waals surface area contributed by atoms with Gasteiger partial charge in [-0.2, -0.15) is 0 Å². The summed E-state index contributed by atoms with van der Waals surface area (Å²) in [6.07, 6.45) is -2.02. The highest BCUT2D eigenvalue weighted by Gasteiger charge is 2.22. The third-order valence-electron chi connectivity index (χ3n) is 3.95. The van der Waals surface area contributed by atoms with Gasteiger partial charge in [-0.3, -0.25) is 0 Å². The van der Waals surface area contributed by atoms with E-state index < -0.39 is 18.5 Å². The van der Waals surface area contributed by atoms with Crippen LogP contribution in [0.2, 0.25) is 0 Å². The average Bonchev–Trinajstić information content (AvgIpc) is 3.08. The van der Waals surface area contributed by atoms with Gasteiger partial charge in [0, 0.05) is 27.1 Å². The van der Waals surface area contributed by atoms with Crippen molar-refractivity contribution in [3.05, 3.63) is 23.8 Å². The van der Waals surface area contributed by atoms with E-state index in [2.05, 4.69) is 0 Å². The van der Waals surface area contributed by atoms with Crippen LogP contribution in [0, 0.1) is 0 Å². The zero-order valence-electron chi connectivity index (χ0n) is 15.9. The van der Waals surface area contributed by atoms with Crippen molar-refractivity contribution in [2.75, 3.05) is 34.2 Å². The molecule has 2 rings (SSSR count). The summed E-state index contributed by atoms with van der Waals surface area (Å²) < 4.78 is 30.1. The summed E-state index contributed by atoms with van der Waals surface area (Å²) in [5, 5.41) is 0. The van der Waals surface area contributed by atoms with Gasteiger partial charge in [0.25, 0.3) is 0 Å². The van der Waals surface area contributed by atoms with Gasteiger partial charge in [-0.25, -0.2) is 9.59 Å². The Bertz CT molecular complexity index is 650. The van der Waals surface area contributed by atoms with E-state index in [1.54, 1.807) is 7.05 Å². The molecule has 9 nitrogen and oxygen atoms in total. The third kappa shape index (κ3) is 6.21. The maximum Gasteiger partial charge on any atom is 0.511 e. The van der Waals surface area contributed by atoms with E-state index in [1.807, 2.05) is 25.1 Å². The first-order chi connectivity index (χ1) is 12.9. The molecule has 9 heteroatoms. The number of likely N-dealkylation sites (N-methyl/N-ethyl adjacent to an activating group) is 1. The third-order valence-corrected chi connectivity index (χ3v) is 3.95. The molecule has 1 aliphatic rings. The summed E-state index contributed by atoms with van der Waals surface area (Å²) in [6, 6.07) is 5.50. The van der Waals surface area contributed by atoms with E-state index in [1.165, 1.54) is 18.9 Å². The molecule has 0 saturated heterocycles. The van der Waals surface area contributed by atoms with Crippen molar-refractivity contribution >= 4 is 12.2 Å². The zero-order chi connectivity index (χ0) is 19.8. The van der Waals surface area contributed by atoms with E-state index in [0.717, 1.165) is 5.56 Å². The molecule has 0 saturated carbocycles. The summed E-state index contributed by atoms with van der Waals surface area (Å²) in [5.41, 5.74) is 0.998. The Kier molecular flexibility index (Phi) is 7.54. The number of benzene rings is 1. The molecule has 150 valence electrons. The zero-order valence-corrected chi connectivity index (χ0v) is 15.9. The van der Waals surface area contributed by atoms with Gasteiger partial charge in [0.05, 0.1) is 6.61 Å². The Balaban J connectivity index is 1.78. The monoisotopic (exact) mass is 383 g/mol. The number of rotatable bonds is 8. The van der Waals surface area contributed by atoms with Crippen LogP contribution in [0.3, 0.4) is 0 Å². The summed E-state index contributed by atoms with van der Waals surface area (Å²) in [5.74, 6) is 1.40. The van der Waals surface area contributed by atoms with E-state index in [4.69, 9.17) is 28.4 Å². The molecule has 0 bridgehead atoms. The van der Waals surface area contributed by atoms with Crippen LogP contribution >= 0.6 is 0 Å². The van der Waals surface area contributed by atoms with Crippen LogP contribution in [0.5, 0.6) is 11.5 Å². The van der Waals surface area contributed by atoms with Crippen molar-refractivity contribution < 1.29 is 38.0 Å². The van der Waals surface area contributed by atoms with Gasteiger partial charge in [0.2, 0.25) is 13.1 Å². The Morgan fingerprint density at radius 1 is 1.15 bits per heavy atom. The van der Waals surface area contributed by atoms with Crippen LogP contribution in [0.1, 0.15) is 19.4 Å². The smallest absolute Gasteiger partial charge is 0.454 e. The number of carbonyl (C=O) groups is 2. The molecular weight excluding hydrogens is 358 g/mol. The first kappa shape index (κ1) is 20.6. The second-order valence-corrected chi connectivity index (χ2v) is 6.01. The van der Waals surface area contributed by atoms with Crippen molar-refractivity contribution in [3.63, 3.8) is 0 Å². The van der Waals surface area contributed by atoms with Crippen LogP contribution in [-0.2, 0) is 25.4 Å². The molecular formula is C18H25NO8. The summed E-state index contributed by atoms with van der Waals surface area (Å²) in [6.45, 7) is 3.85. The molecule has 0 aromatic heterocycles. The normalized spacial score (nSPS) is 14.2. The summed E-state index contributed by atoms with van der Waals surface area (Å²) in [4.78, 5) is 25.1. The number of nitrogens with zero attached hydrogens (tertiary/aromatic N) is 1. The summed E-state index contributed by atoms with van der Waals surface area (Å²) in [7, 11) is 3.10. The number of carbonyl (C=O) groups excluding carboxylic acids is 2. The molecule has 1 aromatic carbocycles. The van der Waals surface area contributed by atoms with Crippen LogP contribution < -0.4 is 9.47 Å². The Morgan fingerprint density at radius 3 is 2.63 bits per heavy atom. The largest absolute Gasteiger partial charge is 0.511 e. The average molecular weight is 383 g/mol. The maximum absolute atomic E-state index is 12.2. The second kappa shape index (κ2) is 9.86. The predicted molar refractivity (Wildman–Crippen MR) is 93.7 cm³/mol. The molecule has 27 heavy (non-hydrogen) atoms. The van der Waals surface area contributed by atoms with Crippen LogP contribution in [0.4, 0.5) is 9.59 Å². The summed E-state index contributed by atoms with van der Waals surface area (Å²) >= 11 is 0. The molecule has 1 aliphatic heterocycles. The minimum atomic E-state index is -1.08. The maximum atomic E-state index is 12.2. The van der Waals surface area contributed by atoms with Gasteiger partial charge in [-0.15, -0.1) is 0 Å². The van der Waals surface area contributed by atoms with Gasteiger partial charge in [0.1, 0.15) is 6.61 Å². The fourth-order valence-electron chi connectivity index (χ4n) is 2.35. The molecule has 1 heterocycles. The minimum absolute atomic E-state index is 0.0580. The van der Waals surface area contributed by atoms with Crippen molar-refractivity contribution in [2.45, 2.75) is 32.6 Å². The lowest BCUT2D eigenvalue weighted by Gasteiger charge is -2.26. The fourth-order valence-corrected chi connectivity index (χ4v) is 2.35. The molecule has 1 amide bonds. The molecule has 0 N–H and O–H groups in total. The second-order valence-electron chi connectivity index (χ2n) is 6.01. The molecule has 1 aromatic rings. The molecule has 0 aliphatic carbocycles. The number of methoxy groups -OCH3 is 1. The van der Waals surface area contributed by atoms with Gasteiger partial charge in [0.15, 0.2) is 11.5 Å². The van der Waals surface area contributed by atoms with Gasteiger partial charge in [-0.05, 0) is 31.0 Å². The molecule has 0 spiro atoms. The van der Waals surface area contributed by atoms with Crippen molar-refractivity contribution in [1.82, 2.24) is 4.90 Å². The fraction of sp³-hybridized carbons (Fsp3) is 0.556. The lowest BCUT2D eigenvalue weighted by molar-refractivity contribution is -0.0850. The molecule has 2 unspecified atom stereocenters. The molecule has 0 fully saturated rings. The van der Waals surface area contributed by atoms with Gasteiger partial charge in [-0.1, -0.05) is 6.07 Å². The number of ether oxygens (including phenoxy) is 6. The standard InChI is InChI=1S/C18H25NO8/c1-12(9-14-5-6-15-16(10-14)25-11-24-15)19(3)17(20)26-13(2)27-18(21)23-8-7-22-4/h5-6,10,12-13H,7-9,11H2,1-4H3. The quantitative estimate of drug-likeness (QED) is 0.384. The van der Waals surface area contributed by atoms with Crippen molar-refractivity contribution in [1.29, 1.82) is 0 Å². The lowest BCUT2D eigenvalue weighted by Crippen LogP contribution is -2.39. The first-order valence-electron chi connectivity index (χ1n) is 8.55. The van der Waals surface area contributed by atoms with E-state index in [0.29, 0.717) is 17.9 Å².